The van der Waals surface area contributed by atoms with Gasteiger partial charge in [0.25, 0.3) is 0 Å². The summed E-state index contributed by atoms with van der Waals surface area (Å²) < 4.78 is 5.76. The molecule has 3 unspecified atom stereocenters. The van der Waals surface area contributed by atoms with Crippen LogP contribution in [-0.4, -0.2) is 28.7 Å². The van der Waals surface area contributed by atoms with E-state index >= 15 is 0 Å². The van der Waals surface area contributed by atoms with Gasteiger partial charge in [-0.05, 0) is 48.4 Å². The highest BCUT2D eigenvalue weighted by Gasteiger charge is 2.22. The van der Waals surface area contributed by atoms with Gasteiger partial charge in [0.2, 0.25) is 0 Å². The molecule has 2 aromatic carbocycles. The Bertz CT molecular complexity index is 843. The summed E-state index contributed by atoms with van der Waals surface area (Å²) in [5.74, 6) is 1.25. The van der Waals surface area contributed by atoms with Crippen molar-refractivity contribution in [3.8, 4) is 11.5 Å². The number of aryl methyl sites for hydroxylation is 1. The number of hydrogen-bond acceptors (Lipinski definition) is 4. The van der Waals surface area contributed by atoms with E-state index in [1.165, 1.54) is 5.56 Å². The van der Waals surface area contributed by atoms with Crippen molar-refractivity contribution in [3.05, 3.63) is 71.8 Å². The van der Waals surface area contributed by atoms with Crippen LogP contribution in [0.2, 0.25) is 0 Å². The number of Topliss-reactive ketones (excluding diaryl/α,β-unsaturated/α-hetero) is 1. The molecule has 0 aromatic heterocycles. The molecule has 4 heteroatoms. The predicted octanol–water partition coefficient (Wildman–Crippen LogP) is 4.87. The average Bonchev–Trinajstić information content (AvgIpc) is 2.75. The molecule has 3 rings (SSSR count). The van der Waals surface area contributed by atoms with E-state index in [9.17, 15) is 15.0 Å². The van der Waals surface area contributed by atoms with E-state index in [0.717, 1.165) is 24.8 Å². The number of allylic oxidation sites excluding steroid dienone is 1. The molecule has 0 spiro atoms. The van der Waals surface area contributed by atoms with Crippen molar-refractivity contribution in [2.45, 2.75) is 51.6 Å². The molecule has 30 heavy (non-hydrogen) atoms. The molecular weight excluding hydrogens is 376 g/mol. The Balaban J connectivity index is 1.46. The van der Waals surface area contributed by atoms with E-state index in [0.29, 0.717) is 31.1 Å². The Labute approximate surface area is 179 Å². The molecule has 0 saturated heterocycles. The summed E-state index contributed by atoms with van der Waals surface area (Å²) >= 11 is 0. The fourth-order valence-corrected chi connectivity index (χ4v) is 3.82. The molecule has 0 saturated carbocycles. The number of carbonyl (C=O) groups is 1. The van der Waals surface area contributed by atoms with Crippen LogP contribution in [-0.2, 0) is 17.6 Å². The zero-order chi connectivity index (χ0) is 21.3. The summed E-state index contributed by atoms with van der Waals surface area (Å²) in [7, 11) is 0. The van der Waals surface area contributed by atoms with Crippen LogP contribution in [0.4, 0.5) is 0 Å². The Morgan fingerprint density at radius 1 is 1.07 bits per heavy atom. The summed E-state index contributed by atoms with van der Waals surface area (Å²) in [5, 5.41) is 20.4. The van der Waals surface area contributed by atoms with Crippen LogP contribution in [0.25, 0.3) is 0 Å². The zero-order valence-electron chi connectivity index (χ0n) is 17.7. The highest BCUT2D eigenvalue weighted by molar-refractivity contribution is 5.79. The Kier molecular flexibility index (Phi) is 8.09. The first-order valence-electron chi connectivity index (χ1n) is 10.9. The number of aliphatic hydroxyl groups excluding tert-OH is 1. The SMILES string of the molecule is CC1C=CC(C(O)CC(=O)CCc2ccc(O)c(OCCc3ccccc3)c2)CC1. The van der Waals surface area contributed by atoms with Crippen molar-refractivity contribution >= 4 is 5.78 Å². The monoisotopic (exact) mass is 408 g/mol. The standard InChI is InChI=1S/C26H32O4/c1-19-7-11-22(12-8-19)25(29)18-23(27)13-9-21-10-14-24(28)26(17-21)30-16-15-20-5-3-2-4-6-20/h2-7,10-11,14,17,19,22,25,28-29H,8-9,12-13,15-16,18H2,1H3. The van der Waals surface area contributed by atoms with Crippen molar-refractivity contribution in [1.82, 2.24) is 0 Å². The van der Waals surface area contributed by atoms with E-state index in [-0.39, 0.29) is 23.9 Å². The van der Waals surface area contributed by atoms with Gasteiger partial charge in [-0.1, -0.05) is 55.5 Å². The second-order valence-electron chi connectivity index (χ2n) is 8.30. The maximum Gasteiger partial charge on any atom is 0.161 e. The minimum Gasteiger partial charge on any atom is -0.504 e. The first-order valence-corrected chi connectivity index (χ1v) is 10.9. The zero-order valence-corrected chi connectivity index (χ0v) is 17.7. The minimum atomic E-state index is -0.599. The number of ether oxygens (including phenoxy) is 1. The molecule has 0 radical (unpaired) electrons. The van der Waals surface area contributed by atoms with Gasteiger partial charge >= 0.3 is 0 Å². The second kappa shape index (κ2) is 11.0. The van der Waals surface area contributed by atoms with Crippen LogP contribution >= 0.6 is 0 Å². The maximum atomic E-state index is 12.3. The van der Waals surface area contributed by atoms with Crippen LogP contribution in [0.3, 0.4) is 0 Å². The predicted molar refractivity (Wildman–Crippen MR) is 119 cm³/mol. The Hall–Kier alpha value is -2.59. The molecule has 0 bridgehead atoms. The van der Waals surface area contributed by atoms with Gasteiger partial charge in [0, 0.05) is 25.2 Å². The fourth-order valence-electron chi connectivity index (χ4n) is 3.82. The molecular formula is C26H32O4. The number of ketones is 1. The van der Waals surface area contributed by atoms with Crippen LogP contribution in [0.5, 0.6) is 11.5 Å². The lowest BCUT2D eigenvalue weighted by atomic mass is 9.84. The summed E-state index contributed by atoms with van der Waals surface area (Å²) in [4.78, 5) is 12.3. The van der Waals surface area contributed by atoms with E-state index in [2.05, 4.69) is 19.1 Å². The summed E-state index contributed by atoms with van der Waals surface area (Å²) in [6.07, 6.45) is 7.50. The molecule has 3 atom stereocenters. The molecule has 2 aromatic rings. The van der Waals surface area contributed by atoms with Crippen molar-refractivity contribution in [2.24, 2.45) is 11.8 Å². The summed E-state index contributed by atoms with van der Waals surface area (Å²) in [6.45, 7) is 2.64. The number of phenols is 1. The van der Waals surface area contributed by atoms with Crippen LogP contribution in [0.15, 0.2) is 60.7 Å². The lowest BCUT2D eigenvalue weighted by Crippen LogP contribution is -2.24. The van der Waals surface area contributed by atoms with E-state index < -0.39 is 6.10 Å². The first kappa shape index (κ1) is 22.1. The van der Waals surface area contributed by atoms with Gasteiger partial charge in [-0.15, -0.1) is 0 Å². The van der Waals surface area contributed by atoms with Gasteiger partial charge in [-0.3, -0.25) is 4.79 Å². The summed E-state index contributed by atoms with van der Waals surface area (Å²) in [5.41, 5.74) is 2.12. The van der Waals surface area contributed by atoms with Crippen LogP contribution < -0.4 is 4.74 Å². The van der Waals surface area contributed by atoms with Gasteiger partial charge in [0.1, 0.15) is 5.78 Å². The van der Waals surface area contributed by atoms with Crippen molar-refractivity contribution in [2.75, 3.05) is 6.61 Å². The lowest BCUT2D eigenvalue weighted by molar-refractivity contribution is -0.121. The Morgan fingerprint density at radius 3 is 2.60 bits per heavy atom. The molecule has 1 aliphatic carbocycles. The van der Waals surface area contributed by atoms with Gasteiger partial charge in [0.05, 0.1) is 12.7 Å². The molecule has 0 fully saturated rings. The molecule has 0 amide bonds. The smallest absolute Gasteiger partial charge is 0.161 e. The maximum absolute atomic E-state index is 12.3. The number of aromatic hydroxyl groups is 1. The van der Waals surface area contributed by atoms with Crippen LogP contribution in [0, 0.1) is 11.8 Å². The third kappa shape index (κ3) is 6.74. The van der Waals surface area contributed by atoms with E-state index in [1.54, 1.807) is 12.1 Å². The van der Waals surface area contributed by atoms with Gasteiger partial charge < -0.3 is 14.9 Å². The molecule has 0 heterocycles. The lowest BCUT2D eigenvalue weighted by Gasteiger charge is -2.24. The third-order valence-corrected chi connectivity index (χ3v) is 5.78. The molecule has 0 aliphatic heterocycles. The topological polar surface area (TPSA) is 66.8 Å². The number of hydrogen-bond donors (Lipinski definition) is 2. The highest BCUT2D eigenvalue weighted by Crippen LogP contribution is 2.28. The molecule has 4 nitrogen and oxygen atoms in total. The minimum absolute atomic E-state index is 0.0640. The number of carbonyl (C=O) groups excluding carboxylic acids is 1. The molecule has 160 valence electrons. The largest absolute Gasteiger partial charge is 0.504 e. The number of benzene rings is 2. The summed E-state index contributed by atoms with van der Waals surface area (Å²) in [6, 6.07) is 15.3. The normalized spacial score (nSPS) is 19.4. The van der Waals surface area contributed by atoms with Crippen molar-refractivity contribution in [3.63, 3.8) is 0 Å². The number of phenolic OH excluding ortho intramolecular Hbond substituents is 1. The number of rotatable bonds is 10. The number of aliphatic hydroxyl groups is 1. The van der Waals surface area contributed by atoms with E-state index in [1.807, 2.05) is 36.4 Å². The Morgan fingerprint density at radius 2 is 1.87 bits per heavy atom. The first-order chi connectivity index (χ1) is 14.5. The van der Waals surface area contributed by atoms with Gasteiger partial charge in [-0.25, -0.2) is 0 Å². The van der Waals surface area contributed by atoms with Gasteiger partial charge in [-0.2, -0.15) is 0 Å². The van der Waals surface area contributed by atoms with Crippen molar-refractivity contribution < 1.29 is 19.7 Å². The third-order valence-electron chi connectivity index (χ3n) is 5.78. The highest BCUT2D eigenvalue weighted by atomic mass is 16.5. The van der Waals surface area contributed by atoms with Crippen LogP contribution in [0.1, 0.15) is 43.7 Å². The average molecular weight is 409 g/mol. The fraction of sp³-hybridized carbons (Fsp3) is 0.423. The second-order valence-corrected chi connectivity index (χ2v) is 8.30. The van der Waals surface area contributed by atoms with Crippen molar-refractivity contribution in [1.29, 1.82) is 0 Å². The van der Waals surface area contributed by atoms with E-state index in [4.69, 9.17) is 4.74 Å². The molecule has 2 N–H and O–H groups in total. The van der Waals surface area contributed by atoms with Gasteiger partial charge in [0.15, 0.2) is 11.5 Å². The quantitative estimate of drug-likeness (QED) is 0.551. The molecule has 1 aliphatic rings.